The van der Waals surface area contributed by atoms with E-state index in [1.54, 1.807) is 0 Å². The van der Waals surface area contributed by atoms with Crippen LogP contribution in [-0.2, 0) is 0 Å². The van der Waals surface area contributed by atoms with Crippen LogP contribution >= 0.6 is 22.6 Å². The molecule has 0 radical (unpaired) electrons. The SMILES string of the molecule is C=C(N)C(=C(/C)CCC)/C(C)=C(\I)CC1CCC(C)(C)CC1. The standard InChI is InChI=1S/C20H34IN/c1-7-8-14(2)19(16(4)22)15(3)18(21)13-17-9-11-20(5,6)12-10-17/h17H,4,7-13,22H2,1-3,5-6H3/b18-15-,19-14-. The van der Waals surface area contributed by atoms with Crippen molar-refractivity contribution in [1.82, 2.24) is 0 Å². The maximum Gasteiger partial charge on any atom is 0.0316 e. The molecule has 0 bridgehead atoms. The summed E-state index contributed by atoms with van der Waals surface area (Å²) in [4.78, 5) is 0. The summed E-state index contributed by atoms with van der Waals surface area (Å²) in [5.41, 5.74) is 11.3. The van der Waals surface area contributed by atoms with E-state index in [4.69, 9.17) is 5.73 Å². The molecule has 0 spiro atoms. The van der Waals surface area contributed by atoms with Gasteiger partial charge in [0, 0.05) is 5.70 Å². The summed E-state index contributed by atoms with van der Waals surface area (Å²) in [5.74, 6) is 0.841. The molecule has 0 amide bonds. The van der Waals surface area contributed by atoms with Crippen molar-refractivity contribution in [2.24, 2.45) is 17.1 Å². The second-order valence-electron chi connectivity index (χ2n) is 7.77. The third kappa shape index (κ3) is 5.75. The maximum atomic E-state index is 6.09. The highest BCUT2D eigenvalue weighted by Crippen LogP contribution is 2.42. The molecule has 0 atom stereocenters. The molecule has 0 aromatic carbocycles. The second-order valence-corrected chi connectivity index (χ2v) is 9.07. The van der Waals surface area contributed by atoms with Crippen molar-refractivity contribution >= 4 is 22.6 Å². The van der Waals surface area contributed by atoms with Crippen LogP contribution in [0.15, 0.2) is 32.6 Å². The van der Waals surface area contributed by atoms with Crippen LogP contribution in [-0.4, -0.2) is 0 Å². The van der Waals surface area contributed by atoms with Gasteiger partial charge in [-0.2, -0.15) is 0 Å². The minimum absolute atomic E-state index is 0.551. The van der Waals surface area contributed by atoms with E-state index in [0.717, 1.165) is 24.5 Å². The largest absolute Gasteiger partial charge is 0.399 e. The van der Waals surface area contributed by atoms with Gasteiger partial charge in [0.25, 0.3) is 0 Å². The predicted molar refractivity (Wildman–Crippen MR) is 108 cm³/mol. The molecule has 1 nitrogen and oxygen atoms in total. The summed E-state index contributed by atoms with van der Waals surface area (Å²) < 4.78 is 1.47. The summed E-state index contributed by atoms with van der Waals surface area (Å²) >= 11 is 2.54. The van der Waals surface area contributed by atoms with Gasteiger partial charge in [-0.05, 0) is 101 Å². The minimum atomic E-state index is 0.551. The Bertz CT molecular complexity index is 458. The topological polar surface area (TPSA) is 26.0 Å². The van der Waals surface area contributed by atoms with Crippen molar-refractivity contribution in [3.63, 3.8) is 0 Å². The summed E-state index contributed by atoms with van der Waals surface area (Å²) in [6, 6.07) is 0. The van der Waals surface area contributed by atoms with Gasteiger partial charge in [0.15, 0.2) is 0 Å². The van der Waals surface area contributed by atoms with E-state index in [1.807, 2.05) is 0 Å². The number of halogens is 1. The first-order chi connectivity index (χ1) is 10.2. The van der Waals surface area contributed by atoms with Gasteiger partial charge in [0.1, 0.15) is 0 Å². The van der Waals surface area contributed by atoms with E-state index in [2.05, 4.69) is 63.8 Å². The van der Waals surface area contributed by atoms with Crippen molar-refractivity contribution < 1.29 is 0 Å². The number of allylic oxidation sites excluding steroid dienone is 3. The first kappa shape index (κ1) is 19.8. The number of rotatable bonds is 6. The van der Waals surface area contributed by atoms with Crippen LogP contribution in [0.4, 0.5) is 0 Å². The molecule has 2 heteroatoms. The molecule has 126 valence electrons. The summed E-state index contributed by atoms with van der Waals surface area (Å²) in [5, 5.41) is 0. The number of hydrogen-bond acceptors (Lipinski definition) is 1. The summed E-state index contributed by atoms with van der Waals surface area (Å²) in [7, 11) is 0. The van der Waals surface area contributed by atoms with Crippen LogP contribution in [0.2, 0.25) is 0 Å². The van der Waals surface area contributed by atoms with E-state index in [1.165, 1.54) is 52.4 Å². The Kier molecular flexibility index (Phi) is 7.70. The van der Waals surface area contributed by atoms with Crippen LogP contribution in [0.25, 0.3) is 0 Å². The molecule has 0 heterocycles. The number of nitrogens with two attached hydrogens (primary N) is 1. The van der Waals surface area contributed by atoms with E-state index < -0.39 is 0 Å². The molecule has 0 aromatic rings. The highest BCUT2D eigenvalue weighted by atomic mass is 127. The molecule has 1 aliphatic carbocycles. The zero-order chi connectivity index (χ0) is 16.9. The van der Waals surface area contributed by atoms with Crippen LogP contribution in [0.3, 0.4) is 0 Å². The molecule has 0 saturated heterocycles. The lowest BCUT2D eigenvalue weighted by atomic mass is 9.72. The highest BCUT2D eigenvalue weighted by molar-refractivity contribution is 14.1. The van der Waals surface area contributed by atoms with Crippen molar-refractivity contribution in [1.29, 1.82) is 0 Å². The quantitative estimate of drug-likeness (QED) is 0.371. The molecule has 1 aliphatic rings. The van der Waals surface area contributed by atoms with Crippen LogP contribution in [0.5, 0.6) is 0 Å². The molecule has 1 saturated carbocycles. The van der Waals surface area contributed by atoms with Gasteiger partial charge in [-0.3, -0.25) is 0 Å². The Morgan fingerprint density at radius 2 is 1.77 bits per heavy atom. The number of hydrogen-bond donors (Lipinski definition) is 1. The third-order valence-corrected chi connectivity index (χ3v) is 6.33. The molecule has 22 heavy (non-hydrogen) atoms. The minimum Gasteiger partial charge on any atom is -0.399 e. The van der Waals surface area contributed by atoms with Gasteiger partial charge >= 0.3 is 0 Å². The predicted octanol–water partition coefficient (Wildman–Crippen LogP) is 6.89. The Labute approximate surface area is 151 Å². The Morgan fingerprint density at radius 1 is 1.23 bits per heavy atom. The summed E-state index contributed by atoms with van der Waals surface area (Å²) in [6.45, 7) is 15.5. The lowest BCUT2D eigenvalue weighted by Gasteiger charge is -2.34. The molecule has 0 aromatic heterocycles. The Hall–Kier alpha value is -0.250. The fourth-order valence-electron chi connectivity index (χ4n) is 3.54. The fourth-order valence-corrected chi connectivity index (χ4v) is 4.43. The zero-order valence-electron chi connectivity index (χ0n) is 15.2. The average Bonchev–Trinajstić information content (AvgIpc) is 2.41. The lowest BCUT2D eigenvalue weighted by Crippen LogP contribution is -2.21. The third-order valence-electron chi connectivity index (χ3n) is 5.08. The first-order valence-electron chi connectivity index (χ1n) is 8.68. The monoisotopic (exact) mass is 415 g/mol. The smallest absolute Gasteiger partial charge is 0.0316 e. The van der Waals surface area contributed by atoms with Crippen molar-refractivity contribution in [3.8, 4) is 0 Å². The molecule has 0 aliphatic heterocycles. The van der Waals surface area contributed by atoms with Gasteiger partial charge in [0.2, 0.25) is 0 Å². The average molecular weight is 415 g/mol. The molecule has 2 N–H and O–H groups in total. The van der Waals surface area contributed by atoms with Crippen molar-refractivity contribution in [2.45, 2.75) is 79.6 Å². The van der Waals surface area contributed by atoms with E-state index >= 15 is 0 Å². The maximum absolute atomic E-state index is 6.09. The van der Waals surface area contributed by atoms with Crippen LogP contribution in [0.1, 0.15) is 79.6 Å². The van der Waals surface area contributed by atoms with E-state index in [9.17, 15) is 0 Å². The molecule has 0 unspecified atom stereocenters. The van der Waals surface area contributed by atoms with Gasteiger partial charge in [-0.15, -0.1) is 0 Å². The molecular weight excluding hydrogens is 381 g/mol. The fraction of sp³-hybridized carbons (Fsp3) is 0.700. The van der Waals surface area contributed by atoms with Gasteiger partial charge in [-0.25, -0.2) is 0 Å². The zero-order valence-corrected chi connectivity index (χ0v) is 17.3. The van der Waals surface area contributed by atoms with Gasteiger partial charge in [-0.1, -0.05) is 39.3 Å². The molecule has 1 rings (SSSR count). The van der Waals surface area contributed by atoms with Crippen LogP contribution in [0, 0.1) is 11.3 Å². The molecule has 1 fully saturated rings. The molecular formula is C20H34IN. The highest BCUT2D eigenvalue weighted by Gasteiger charge is 2.27. The second kappa shape index (κ2) is 8.56. The normalized spacial score (nSPS) is 21.2. The summed E-state index contributed by atoms with van der Waals surface area (Å²) in [6.07, 6.45) is 8.92. The van der Waals surface area contributed by atoms with Crippen molar-refractivity contribution in [3.05, 3.63) is 32.6 Å². The van der Waals surface area contributed by atoms with E-state index in [0.29, 0.717) is 5.41 Å². The van der Waals surface area contributed by atoms with E-state index in [-0.39, 0.29) is 0 Å². The first-order valence-corrected chi connectivity index (χ1v) is 9.76. The van der Waals surface area contributed by atoms with Gasteiger partial charge in [0.05, 0.1) is 0 Å². The lowest BCUT2D eigenvalue weighted by molar-refractivity contribution is 0.192. The Balaban J connectivity index is 2.87. The Morgan fingerprint density at radius 3 is 2.23 bits per heavy atom. The van der Waals surface area contributed by atoms with Crippen molar-refractivity contribution in [2.75, 3.05) is 0 Å². The van der Waals surface area contributed by atoms with Gasteiger partial charge < -0.3 is 5.73 Å². The van der Waals surface area contributed by atoms with Crippen LogP contribution < -0.4 is 5.73 Å².